The average Bonchev–Trinajstić information content (AvgIpc) is 2.61. The van der Waals surface area contributed by atoms with Crippen LogP contribution in [-0.2, 0) is 15.0 Å². The van der Waals surface area contributed by atoms with Gasteiger partial charge >= 0.3 is 10.2 Å². The molecule has 1 aromatic heterocycles. The van der Waals surface area contributed by atoms with Gasteiger partial charge in [0.05, 0.1) is 11.9 Å². The van der Waals surface area contributed by atoms with E-state index in [1.807, 2.05) is 0 Å². The van der Waals surface area contributed by atoms with Crippen molar-refractivity contribution in [2.45, 2.75) is 11.7 Å². The van der Waals surface area contributed by atoms with Crippen LogP contribution >= 0.6 is 0 Å². The minimum Gasteiger partial charge on any atom is -0.394 e. The summed E-state index contributed by atoms with van der Waals surface area (Å²) in [5, 5.41) is -1.36. The van der Waals surface area contributed by atoms with E-state index in [1.165, 1.54) is 12.5 Å². The number of nitrogen functional groups attached to an aromatic ring is 1. The highest BCUT2D eigenvalue weighted by atomic mass is 32.3. The highest BCUT2D eigenvalue weighted by Crippen LogP contribution is 2.27. The van der Waals surface area contributed by atoms with E-state index >= 15 is 0 Å². The third-order valence-corrected chi connectivity index (χ3v) is 3.57. The molecule has 0 aromatic carbocycles. The van der Waals surface area contributed by atoms with Crippen molar-refractivity contribution in [1.82, 2.24) is 9.97 Å². The Morgan fingerprint density at radius 2 is 2.24 bits per heavy atom. The van der Waals surface area contributed by atoms with Crippen molar-refractivity contribution in [2.75, 3.05) is 17.2 Å². The Kier molecular flexibility index (Phi) is 2.69. The number of anilines is 2. The summed E-state index contributed by atoms with van der Waals surface area (Å²) in [4.78, 5) is 20.0. The third-order valence-electron chi connectivity index (χ3n) is 2.46. The van der Waals surface area contributed by atoms with Crippen LogP contribution in [0.4, 0.5) is 15.4 Å². The fourth-order valence-electron chi connectivity index (χ4n) is 1.63. The molecule has 0 bridgehead atoms. The van der Waals surface area contributed by atoms with Crippen molar-refractivity contribution in [3.63, 3.8) is 0 Å². The molecule has 0 radical (unpaired) electrons. The minimum absolute atomic E-state index is 0.108. The van der Waals surface area contributed by atoms with Crippen LogP contribution in [0.25, 0.3) is 0 Å². The number of amides is 1. The van der Waals surface area contributed by atoms with Gasteiger partial charge in [-0.05, 0) is 0 Å². The average molecular weight is 260 g/mol. The largest absolute Gasteiger partial charge is 0.394 e. The van der Waals surface area contributed by atoms with Gasteiger partial charge in [-0.25, -0.2) is 9.97 Å². The lowest BCUT2D eigenvalue weighted by atomic mass is 10.4. The first-order valence-electron chi connectivity index (χ1n) is 4.69. The Morgan fingerprint density at radius 3 is 2.76 bits per heavy atom. The molecule has 1 aliphatic heterocycles. The predicted molar refractivity (Wildman–Crippen MR) is 57.2 cm³/mol. The molecule has 92 valence electrons. The number of hydrogen-bond acceptors (Lipinski definition) is 6. The molecular weight excluding hydrogens is 251 g/mol. The van der Waals surface area contributed by atoms with Crippen LogP contribution in [0.5, 0.6) is 0 Å². The van der Waals surface area contributed by atoms with Gasteiger partial charge in [-0.1, -0.05) is 0 Å². The van der Waals surface area contributed by atoms with Crippen LogP contribution < -0.4 is 10.6 Å². The summed E-state index contributed by atoms with van der Waals surface area (Å²) in [6, 6.07) is 0. The van der Waals surface area contributed by atoms with Crippen molar-refractivity contribution < 1.29 is 17.1 Å². The van der Waals surface area contributed by atoms with Crippen LogP contribution in [-0.4, -0.2) is 36.1 Å². The van der Waals surface area contributed by atoms with Gasteiger partial charge in [-0.2, -0.15) is 8.42 Å². The first-order valence-corrected chi connectivity index (χ1v) is 6.13. The Morgan fingerprint density at radius 1 is 1.53 bits per heavy atom. The number of nitrogens with zero attached hydrogens (tertiary/aromatic N) is 3. The van der Waals surface area contributed by atoms with E-state index < -0.39 is 27.8 Å². The number of nitrogens with two attached hydrogens (primary N) is 1. The van der Waals surface area contributed by atoms with Crippen molar-refractivity contribution >= 4 is 27.6 Å². The minimum atomic E-state index is -4.74. The van der Waals surface area contributed by atoms with Crippen LogP contribution in [0.2, 0.25) is 0 Å². The lowest BCUT2D eigenvalue weighted by Crippen LogP contribution is -2.28. The fourth-order valence-corrected chi connectivity index (χ4v) is 2.30. The van der Waals surface area contributed by atoms with Crippen molar-refractivity contribution in [1.29, 1.82) is 0 Å². The maximum atomic E-state index is 12.8. The molecule has 1 aromatic rings. The Hall–Kier alpha value is -1.77. The van der Waals surface area contributed by atoms with E-state index in [2.05, 4.69) is 9.97 Å². The Labute approximate surface area is 96.7 Å². The third kappa shape index (κ3) is 2.18. The second kappa shape index (κ2) is 3.91. The first-order chi connectivity index (χ1) is 7.89. The highest BCUT2D eigenvalue weighted by Gasteiger charge is 2.40. The predicted octanol–water partition coefficient (Wildman–Crippen LogP) is -0.537. The second-order valence-corrected chi connectivity index (χ2v) is 5.23. The van der Waals surface area contributed by atoms with E-state index in [1.54, 1.807) is 0 Å². The number of carbonyl (C=O) groups is 1. The summed E-state index contributed by atoms with van der Waals surface area (Å²) in [7, 11) is -4.74. The van der Waals surface area contributed by atoms with E-state index in [0.717, 1.165) is 4.90 Å². The second-order valence-electron chi connectivity index (χ2n) is 3.61. The molecule has 1 atom stereocenters. The summed E-state index contributed by atoms with van der Waals surface area (Å²) < 4.78 is 34.2. The molecule has 1 saturated heterocycles. The zero-order valence-electron chi connectivity index (χ0n) is 8.58. The van der Waals surface area contributed by atoms with Crippen molar-refractivity contribution in [3.8, 4) is 0 Å². The van der Waals surface area contributed by atoms with Gasteiger partial charge in [0, 0.05) is 13.0 Å². The Bertz CT molecular complexity index is 562. The summed E-state index contributed by atoms with van der Waals surface area (Å²) in [5.41, 5.74) is 5.69. The molecule has 1 unspecified atom stereocenters. The molecule has 17 heavy (non-hydrogen) atoms. The number of aromatic nitrogens is 2. The van der Waals surface area contributed by atoms with E-state index in [-0.39, 0.29) is 18.1 Å². The standard InChI is InChI=1S/C8H9FN4O3S/c9-17(15,16)5-1-7(14)13(3-5)8-6(10)2-11-4-12-8/h2,4-5H,1,3,10H2. The number of hydrogen-bond donors (Lipinski definition) is 1. The number of halogens is 1. The van der Waals surface area contributed by atoms with Gasteiger partial charge in [0.15, 0.2) is 5.82 Å². The van der Waals surface area contributed by atoms with Crippen LogP contribution in [0.1, 0.15) is 6.42 Å². The van der Waals surface area contributed by atoms with Crippen LogP contribution in [0, 0.1) is 0 Å². The molecular formula is C8H9FN4O3S. The maximum Gasteiger partial charge on any atom is 0.307 e. The number of carbonyl (C=O) groups excluding carboxylic acids is 1. The van der Waals surface area contributed by atoms with Crippen LogP contribution in [0.3, 0.4) is 0 Å². The van der Waals surface area contributed by atoms with Crippen molar-refractivity contribution in [3.05, 3.63) is 12.5 Å². The van der Waals surface area contributed by atoms with Gasteiger partial charge in [0.25, 0.3) is 0 Å². The maximum absolute atomic E-state index is 12.8. The summed E-state index contributed by atoms with van der Waals surface area (Å²) in [5.74, 6) is -0.419. The normalized spacial score (nSPS) is 20.9. The van der Waals surface area contributed by atoms with E-state index in [0.29, 0.717) is 0 Å². The molecule has 2 N–H and O–H groups in total. The van der Waals surface area contributed by atoms with Gasteiger partial charge in [0.1, 0.15) is 11.6 Å². The van der Waals surface area contributed by atoms with E-state index in [9.17, 15) is 17.1 Å². The lowest BCUT2D eigenvalue weighted by Gasteiger charge is -2.15. The zero-order valence-corrected chi connectivity index (χ0v) is 9.39. The van der Waals surface area contributed by atoms with E-state index in [4.69, 9.17) is 5.73 Å². The first kappa shape index (κ1) is 11.7. The zero-order chi connectivity index (χ0) is 12.6. The highest BCUT2D eigenvalue weighted by molar-refractivity contribution is 7.87. The SMILES string of the molecule is Nc1cncnc1N1CC(S(=O)(=O)F)CC1=O. The monoisotopic (exact) mass is 260 g/mol. The summed E-state index contributed by atoms with van der Waals surface area (Å²) >= 11 is 0. The molecule has 1 amide bonds. The fraction of sp³-hybridized carbons (Fsp3) is 0.375. The molecule has 2 heterocycles. The van der Waals surface area contributed by atoms with Gasteiger partial charge in [-0.3, -0.25) is 9.69 Å². The van der Waals surface area contributed by atoms with Gasteiger partial charge in [-0.15, -0.1) is 3.89 Å². The Balaban J connectivity index is 2.31. The quantitative estimate of drug-likeness (QED) is 0.716. The summed E-state index contributed by atoms with van der Waals surface area (Å²) in [6.45, 7) is -0.279. The smallest absolute Gasteiger partial charge is 0.307 e. The molecule has 1 fully saturated rings. The van der Waals surface area contributed by atoms with Gasteiger partial charge < -0.3 is 5.73 Å². The summed E-state index contributed by atoms with van der Waals surface area (Å²) in [6.07, 6.45) is 2.06. The van der Waals surface area contributed by atoms with Gasteiger partial charge in [0.2, 0.25) is 5.91 Å². The molecule has 9 heteroatoms. The topological polar surface area (TPSA) is 106 Å². The van der Waals surface area contributed by atoms with Crippen LogP contribution in [0.15, 0.2) is 12.5 Å². The lowest BCUT2D eigenvalue weighted by molar-refractivity contribution is -0.117. The molecule has 0 spiro atoms. The molecule has 0 aliphatic carbocycles. The molecule has 0 saturated carbocycles. The van der Waals surface area contributed by atoms with Crippen molar-refractivity contribution in [2.24, 2.45) is 0 Å². The molecule has 1 aliphatic rings. The molecule has 7 nitrogen and oxygen atoms in total. The number of rotatable bonds is 2. The molecule has 2 rings (SSSR count).